The van der Waals surface area contributed by atoms with Crippen molar-refractivity contribution in [2.24, 2.45) is 0 Å². The molecule has 1 heterocycles. The molecular formula is C14H16BrNOS. The minimum atomic E-state index is 0.300. The number of thiophene rings is 1. The summed E-state index contributed by atoms with van der Waals surface area (Å²) in [6.45, 7) is 3.03. The lowest BCUT2D eigenvalue weighted by Crippen LogP contribution is -2.17. The summed E-state index contributed by atoms with van der Waals surface area (Å²) >= 11 is 5.31. The van der Waals surface area contributed by atoms with E-state index < -0.39 is 0 Å². The van der Waals surface area contributed by atoms with Gasteiger partial charge < -0.3 is 10.1 Å². The summed E-state index contributed by atoms with van der Waals surface area (Å²) in [5.41, 5.74) is 1.24. The third-order valence-corrected chi connectivity index (χ3v) is 4.78. The van der Waals surface area contributed by atoms with E-state index in [4.69, 9.17) is 4.74 Å². The molecule has 18 heavy (non-hydrogen) atoms. The number of nitrogens with one attached hydrogen (secondary N) is 1. The zero-order valence-corrected chi connectivity index (χ0v) is 12.8. The van der Waals surface area contributed by atoms with Crippen molar-refractivity contribution in [2.45, 2.75) is 19.5 Å². The Bertz CT molecular complexity index is 512. The Hall–Kier alpha value is -0.840. The van der Waals surface area contributed by atoms with Crippen LogP contribution in [0.15, 0.2) is 40.2 Å². The Labute approximate surface area is 120 Å². The molecule has 1 atom stereocenters. The van der Waals surface area contributed by atoms with Gasteiger partial charge in [0.15, 0.2) is 0 Å². The average molecular weight is 326 g/mol. The number of ether oxygens (including phenoxy) is 1. The molecule has 2 aromatic rings. The Morgan fingerprint density at radius 2 is 2.22 bits per heavy atom. The normalized spacial score (nSPS) is 12.4. The summed E-state index contributed by atoms with van der Waals surface area (Å²) < 4.78 is 6.42. The highest BCUT2D eigenvalue weighted by Gasteiger charge is 2.07. The lowest BCUT2D eigenvalue weighted by atomic mass is 10.1. The first kappa shape index (κ1) is 13.6. The molecule has 4 heteroatoms. The van der Waals surface area contributed by atoms with Gasteiger partial charge in [0.05, 0.1) is 7.11 Å². The quantitative estimate of drug-likeness (QED) is 0.881. The van der Waals surface area contributed by atoms with E-state index in [2.05, 4.69) is 51.7 Å². The molecule has 0 aliphatic heterocycles. The Balaban J connectivity index is 1.99. The van der Waals surface area contributed by atoms with Crippen LogP contribution in [-0.4, -0.2) is 7.11 Å². The van der Waals surface area contributed by atoms with Crippen LogP contribution >= 0.6 is 27.3 Å². The van der Waals surface area contributed by atoms with Gasteiger partial charge in [-0.2, -0.15) is 0 Å². The van der Waals surface area contributed by atoms with Crippen molar-refractivity contribution < 1.29 is 4.74 Å². The largest absolute Gasteiger partial charge is 0.497 e. The van der Waals surface area contributed by atoms with Gasteiger partial charge >= 0.3 is 0 Å². The zero-order valence-electron chi connectivity index (χ0n) is 10.4. The van der Waals surface area contributed by atoms with E-state index in [0.29, 0.717) is 6.04 Å². The van der Waals surface area contributed by atoms with Gasteiger partial charge in [-0.25, -0.2) is 0 Å². The highest BCUT2D eigenvalue weighted by molar-refractivity contribution is 9.10. The summed E-state index contributed by atoms with van der Waals surface area (Å²) in [6, 6.07) is 10.6. The van der Waals surface area contributed by atoms with Crippen molar-refractivity contribution in [3.63, 3.8) is 0 Å². The van der Waals surface area contributed by atoms with Crippen LogP contribution in [0, 0.1) is 0 Å². The van der Waals surface area contributed by atoms with E-state index in [1.165, 1.54) is 14.9 Å². The van der Waals surface area contributed by atoms with Crippen LogP contribution in [0.2, 0.25) is 0 Å². The molecule has 0 saturated carbocycles. The molecule has 0 aliphatic rings. The van der Waals surface area contributed by atoms with Crippen molar-refractivity contribution >= 4 is 27.3 Å². The minimum Gasteiger partial charge on any atom is -0.497 e. The topological polar surface area (TPSA) is 21.3 Å². The molecule has 1 N–H and O–H groups in total. The van der Waals surface area contributed by atoms with Crippen LogP contribution in [-0.2, 0) is 6.54 Å². The molecule has 0 unspecified atom stereocenters. The molecule has 96 valence electrons. The first-order valence-corrected chi connectivity index (χ1v) is 7.47. The van der Waals surface area contributed by atoms with Crippen LogP contribution in [0.4, 0.5) is 0 Å². The predicted molar refractivity (Wildman–Crippen MR) is 80.3 cm³/mol. The predicted octanol–water partition coefficient (Wildman–Crippen LogP) is 4.37. The number of benzene rings is 1. The molecule has 2 rings (SSSR count). The van der Waals surface area contributed by atoms with Gasteiger partial charge in [-0.3, -0.25) is 0 Å². The first-order chi connectivity index (χ1) is 8.70. The van der Waals surface area contributed by atoms with Crippen LogP contribution < -0.4 is 10.1 Å². The number of rotatable bonds is 5. The van der Waals surface area contributed by atoms with Crippen LogP contribution in [0.5, 0.6) is 5.75 Å². The molecule has 0 radical (unpaired) electrons. The molecule has 0 saturated heterocycles. The van der Waals surface area contributed by atoms with Gasteiger partial charge in [0.2, 0.25) is 0 Å². The lowest BCUT2D eigenvalue weighted by Gasteiger charge is -2.14. The molecule has 1 aromatic heterocycles. The van der Waals surface area contributed by atoms with E-state index in [1.54, 1.807) is 18.4 Å². The van der Waals surface area contributed by atoms with Crippen molar-refractivity contribution in [2.75, 3.05) is 7.11 Å². The molecule has 2 nitrogen and oxygen atoms in total. The summed E-state index contributed by atoms with van der Waals surface area (Å²) in [6.07, 6.45) is 0. The van der Waals surface area contributed by atoms with Crippen LogP contribution in [0.25, 0.3) is 0 Å². The van der Waals surface area contributed by atoms with Crippen LogP contribution in [0.3, 0.4) is 0 Å². The van der Waals surface area contributed by atoms with E-state index in [-0.39, 0.29) is 0 Å². The maximum absolute atomic E-state index is 5.24. The van der Waals surface area contributed by atoms with Gasteiger partial charge in [0.1, 0.15) is 5.75 Å². The van der Waals surface area contributed by atoms with E-state index in [9.17, 15) is 0 Å². The Kier molecular flexibility index (Phi) is 4.80. The summed E-state index contributed by atoms with van der Waals surface area (Å²) in [7, 11) is 1.69. The number of halogens is 1. The molecule has 0 aliphatic carbocycles. The molecule has 0 bridgehead atoms. The standard InChI is InChI=1S/C14H16BrNOS/c1-10(11-4-3-5-12(8-11)17-2)16-9-14-13(15)6-7-18-14/h3-8,10,16H,9H2,1-2H3/t10-/m1/s1. The van der Waals surface area contributed by atoms with Gasteiger partial charge in [0, 0.05) is 21.9 Å². The van der Waals surface area contributed by atoms with Gasteiger partial charge in [0.25, 0.3) is 0 Å². The highest BCUT2D eigenvalue weighted by Crippen LogP contribution is 2.24. The van der Waals surface area contributed by atoms with Crippen molar-refractivity contribution in [3.8, 4) is 5.75 Å². The fourth-order valence-electron chi connectivity index (χ4n) is 1.73. The molecule has 0 spiro atoms. The smallest absolute Gasteiger partial charge is 0.119 e. The van der Waals surface area contributed by atoms with E-state index in [1.807, 2.05) is 12.1 Å². The first-order valence-electron chi connectivity index (χ1n) is 5.80. The maximum Gasteiger partial charge on any atom is 0.119 e. The van der Waals surface area contributed by atoms with Crippen molar-refractivity contribution in [3.05, 3.63) is 50.6 Å². The second-order valence-corrected chi connectivity index (χ2v) is 5.93. The number of methoxy groups -OCH3 is 1. The Morgan fingerprint density at radius 1 is 1.39 bits per heavy atom. The SMILES string of the molecule is COc1cccc([C@@H](C)NCc2sccc2Br)c1. The maximum atomic E-state index is 5.24. The third-order valence-electron chi connectivity index (χ3n) is 2.85. The molecule has 0 fully saturated rings. The summed E-state index contributed by atoms with van der Waals surface area (Å²) in [5, 5.41) is 5.61. The second kappa shape index (κ2) is 6.36. The zero-order chi connectivity index (χ0) is 13.0. The average Bonchev–Trinajstić information content (AvgIpc) is 2.81. The summed E-state index contributed by atoms with van der Waals surface area (Å²) in [4.78, 5) is 1.32. The van der Waals surface area contributed by atoms with E-state index in [0.717, 1.165) is 12.3 Å². The molecule has 1 aromatic carbocycles. The molecule has 0 amide bonds. The van der Waals surface area contributed by atoms with Gasteiger partial charge in [-0.1, -0.05) is 12.1 Å². The van der Waals surface area contributed by atoms with Crippen molar-refractivity contribution in [1.29, 1.82) is 0 Å². The van der Waals surface area contributed by atoms with Gasteiger partial charge in [-0.15, -0.1) is 11.3 Å². The number of hydrogen-bond acceptors (Lipinski definition) is 3. The monoisotopic (exact) mass is 325 g/mol. The molecular weight excluding hydrogens is 310 g/mol. The lowest BCUT2D eigenvalue weighted by molar-refractivity contribution is 0.413. The second-order valence-electron chi connectivity index (χ2n) is 4.07. The highest BCUT2D eigenvalue weighted by atomic mass is 79.9. The number of hydrogen-bond donors (Lipinski definition) is 1. The van der Waals surface area contributed by atoms with Crippen LogP contribution in [0.1, 0.15) is 23.4 Å². The fourth-order valence-corrected chi connectivity index (χ4v) is 3.17. The van der Waals surface area contributed by atoms with Gasteiger partial charge in [-0.05, 0) is 52.0 Å². The summed E-state index contributed by atoms with van der Waals surface area (Å²) in [5.74, 6) is 0.901. The minimum absolute atomic E-state index is 0.300. The van der Waals surface area contributed by atoms with E-state index >= 15 is 0 Å². The van der Waals surface area contributed by atoms with Crippen molar-refractivity contribution in [1.82, 2.24) is 5.32 Å². The Morgan fingerprint density at radius 3 is 2.89 bits per heavy atom. The third kappa shape index (κ3) is 3.34. The fraction of sp³-hybridized carbons (Fsp3) is 0.286.